The second-order valence-electron chi connectivity index (χ2n) is 11.8. The molecule has 1 heterocycles. The Morgan fingerprint density at radius 1 is 0.348 bits per heavy atom. The molecule has 8 aromatic carbocycles. The minimum absolute atomic E-state index is 1.13. The van der Waals surface area contributed by atoms with Crippen LogP contribution in [0.15, 0.2) is 176 Å². The Balaban J connectivity index is 1.35. The van der Waals surface area contributed by atoms with Crippen molar-refractivity contribution in [2.75, 3.05) is 4.90 Å². The van der Waals surface area contributed by atoms with Crippen molar-refractivity contribution in [2.24, 2.45) is 0 Å². The Kier molecular flexibility index (Phi) is 6.40. The molecule has 1 nitrogen and oxygen atoms in total. The SMILES string of the molecule is c1ccc(-c2cccc(N(c3ccc4ccccc4c3)c3cc4c5cccc(-c6ccccc6)c5sc4c4ccccc34)c2)cc1. The van der Waals surface area contributed by atoms with Crippen LogP contribution in [0.25, 0.3) is 64.0 Å². The predicted octanol–water partition coefficient (Wildman–Crippen LogP) is 13.2. The first-order chi connectivity index (χ1) is 22.8. The first-order valence-corrected chi connectivity index (χ1v) is 16.5. The van der Waals surface area contributed by atoms with Crippen molar-refractivity contribution in [3.8, 4) is 22.3 Å². The molecule has 2 heteroatoms. The molecule has 0 fully saturated rings. The Hall–Kier alpha value is -5.70. The summed E-state index contributed by atoms with van der Waals surface area (Å²) >= 11 is 1.91. The zero-order valence-corrected chi connectivity index (χ0v) is 25.9. The summed E-state index contributed by atoms with van der Waals surface area (Å²) in [4.78, 5) is 2.45. The van der Waals surface area contributed by atoms with Crippen LogP contribution in [0.2, 0.25) is 0 Å². The van der Waals surface area contributed by atoms with Crippen LogP contribution in [0.1, 0.15) is 0 Å². The van der Waals surface area contributed by atoms with Crippen molar-refractivity contribution in [2.45, 2.75) is 0 Å². The summed E-state index contributed by atoms with van der Waals surface area (Å²) in [6, 6.07) is 63.9. The average Bonchev–Trinajstić information content (AvgIpc) is 3.52. The standard InChI is InChI=1S/C44H29NS/c1-3-13-30(14-4-1)34-19-11-20-35(27-34)45(36-26-25-31-15-7-8-18-33(31)28-36)42-29-41-40-24-12-23-37(32-16-5-2-6-17-32)43(40)46-44(41)39-22-10-9-21-38(39)42/h1-29H. The molecule has 0 amide bonds. The minimum Gasteiger partial charge on any atom is -0.310 e. The molecule has 9 rings (SSSR count). The molecule has 0 saturated heterocycles. The maximum Gasteiger partial charge on any atom is 0.0547 e. The fraction of sp³-hybridized carbons (Fsp3) is 0. The zero-order chi connectivity index (χ0) is 30.5. The number of rotatable bonds is 5. The maximum absolute atomic E-state index is 2.45. The summed E-state index contributed by atoms with van der Waals surface area (Å²) in [5.74, 6) is 0. The van der Waals surface area contributed by atoms with Gasteiger partial charge in [-0.2, -0.15) is 0 Å². The summed E-state index contributed by atoms with van der Waals surface area (Å²) < 4.78 is 2.66. The third-order valence-electron chi connectivity index (χ3n) is 9.01. The third-order valence-corrected chi connectivity index (χ3v) is 10.3. The fourth-order valence-corrected chi connectivity index (χ4v) is 8.18. The van der Waals surface area contributed by atoms with Crippen molar-refractivity contribution in [1.29, 1.82) is 0 Å². The monoisotopic (exact) mass is 603 g/mol. The lowest BCUT2D eigenvalue weighted by Crippen LogP contribution is -2.10. The number of thiophene rings is 1. The first-order valence-electron chi connectivity index (χ1n) is 15.7. The molecule has 0 aliphatic carbocycles. The van der Waals surface area contributed by atoms with Crippen molar-refractivity contribution in [3.05, 3.63) is 176 Å². The van der Waals surface area contributed by atoms with Crippen LogP contribution in [-0.4, -0.2) is 0 Å². The molecule has 0 saturated carbocycles. The molecule has 9 aromatic rings. The van der Waals surface area contributed by atoms with Crippen molar-refractivity contribution >= 4 is 70.1 Å². The van der Waals surface area contributed by atoms with E-state index < -0.39 is 0 Å². The molecule has 0 atom stereocenters. The number of benzene rings is 8. The van der Waals surface area contributed by atoms with Gasteiger partial charge in [0.2, 0.25) is 0 Å². The van der Waals surface area contributed by atoms with Gasteiger partial charge in [0, 0.05) is 42.3 Å². The van der Waals surface area contributed by atoms with E-state index in [-0.39, 0.29) is 0 Å². The van der Waals surface area contributed by atoms with E-state index in [0.717, 1.165) is 11.4 Å². The number of anilines is 3. The normalized spacial score (nSPS) is 11.5. The highest BCUT2D eigenvalue weighted by atomic mass is 32.1. The van der Waals surface area contributed by atoms with E-state index in [1.807, 2.05) is 11.3 Å². The van der Waals surface area contributed by atoms with Gasteiger partial charge in [-0.05, 0) is 63.4 Å². The summed E-state index contributed by atoms with van der Waals surface area (Å²) in [7, 11) is 0. The molecule has 0 radical (unpaired) electrons. The van der Waals surface area contributed by atoms with Crippen LogP contribution < -0.4 is 4.90 Å². The lowest BCUT2D eigenvalue weighted by molar-refractivity contribution is 1.31. The molecule has 0 aliphatic rings. The molecule has 0 bridgehead atoms. The van der Waals surface area contributed by atoms with E-state index >= 15 is 0 Å². The van der Waals surface area contributed by atoms with Crippen LogP contribution in [0.4, 0.5) is 17.1 Å². The van der Waals surface area contributed by atoms with Crippen LogP contribution in [0.5, 0.6) is 0 Å². The van der Waals surface area contributed by atoms with E-state index in [1.165, 1.54) is 69.7 Å². The molecule has 216 valence electrons. The Morgan fingerprint density at radius 2 is 0.957 bits per heavy atom. The molecule has 46 heavy (non-hydrogen) atoms. The van der Waals surface area contributed by atoms with E-state index in [9.17, 15) is 0 Å². The van der Waals surface area contributed by atoms with Gasteiger partial charge in [0.05, 0.1) is 5.69 Å². The number of nitrogens with zero attached hydrogens (tertiary/aromatic N) is 1. The highest BCUT2D eigenvalue weighted by Crippen LogP contribution is 2.48. The van der Waals surface area contributed by atoms with Gasteiger partial charge in [0.15, 0.2) is 0 Å². The van der Waals surface area contributed by atoms with E-state index in [2.05, 4.69) is 181 Å². The summed E-state index contributed by atoms with van der Waals surface area (Å²) in [6.07, 6.45) is 0. The number of hydrogen-bond donors (Lipinski definition) is 0. The summed E-state index contributed by atoms with van der Waals surface area (Å²) in [6.45, 7) is 0. The van der Waals surface area contributed by atoms with Crippen LogP contribution in [0.3, 0.4) is 0 Å². The Morgan fingerprint density at radius 3 is 1.78 bits per heavy atom. The lowest BCUT2D eigenvalue weighted by atomic mass is 9.99. The average molecular weight is 604 g/mol. The topological polar surface area (TPSA) is 3.24 Å². The Labute approximate surface area is 272 Å². The van der Waals surface area contributed by atoms with Crippen molar-refractivity contribution in [3.63, 3.8) is 0 Å². The largest absolute Gasteiger partial charge is 0.310 e. The first kappa shape index (κ1) is 26.7. The number of hydrogen-bond acceptors (Lipinski definition) is 2. The van der Waals surface area contributed by atoms with Gasteiger partial charge in [-0.1, -0.05) is 146 Å². The third kappa shape index (κ3) is 4.46. The van der Waals surface area contributed by atoms with Crippen molar-refractivity contribution in [1.82, 2.24) is 0 Å². The molecule has 0 spiro atoms. The van der Waals surface area contributed by atoms with Gasteiger partial charge in [0.25, 0.3) is 0 Å². The van der Waals surface area contributed by atoms with Gasteiger partial charge in [-0.25, -0.2) is 0 Å². The number of fused-ring (bicyclic) bond motifs is 6. The van der Waals surface area contributed by atoms with E-state index in [4.69, 9.17) is 0 Å². The van der Waals surface area contributed by atoms with Gasteiger partial charge >= 0.3 is 0 Å². The van der Waals surface area contributed by atoms with E-state index in [0.29, 0.717) is 0 Å². The second kappa shape index (κ2) is 11.0. The van der Waals surface area contributed by atoms with Gasteiger partial charge < -0.3 is 4.90 Å². The van der Waals surface area contributed by atoms with Crippen LogP contribution in [-0.2, 0) is 0 Å². The van der Waals surface area contributed by atoms with Gasteiger partial charge in [-0.15, -0.1) is 11.3 Å². The quantitative estimate of drug-likeness (QED) is 0.189. The Bertz CT molecular complexity index is 2530. The van der Waals surface area contributed by atoms with Gasteiger partial charge in [-0.3, -0.25) is 0 Å². The molecule has 0 aliphatic heterocycles. The zero-order valence-electron chi connectivity index (χ0n) is 25.1. The van der Waals surface area contributed by atoms with Crippen LogP contribution in [0, 0.1) is 0 Å². The highest BCUT2D eigenvalue weighted by molar-refractivity contribution is 7.27. The fourth-order valence-electron chi connectivity index (χ4n) is 6.83. The molecule has 0 N–H and O–H groups in total. The molecule has 1 aromatic heterocycles. The molecular formula is C44H29NS. The molecule has 0 unspecified atom stereocenters. The van der Waals surface area contributed by atoms with Gasteiger partial charge in [0.1, 0.15) is 0 Å². The smallest absolute Gasteiger partial charge is 0.0547 e. The second-order valence-corrected chi connectivity index (χ2v) is 12.8. The molecular weight excluding hydrogens is 575 g/mol. The van der Waals surface area contributed by atoms with Crippen molar-refractivity contribution < 1.29 is 0 Å². The minimum atomic E-state index is 1.13. The van der Waals surface area contributed by atoms with Crippen LogP contribution >= 0.6 is 11.3 Å². The highest BCUT2D eigenvalue weighted by Gasteiger charge is 2.21. The summed E-state index contributed by atoms with van der Waals surface area (Å²) in [5.41, 5.74) is 8.38. The van der Waals surface area contributed by atoms with E-state index in [1.54, 1.807) is 0 Å². The summed E-state index contributed by atoms with van der Waals surface area (Å²) in [5, 5.41) is 7.56. The lowest BCUT2D eigenvalue weighted by Gasteiger charge is -2.28. The predicted molar refractivity (Wildman–Crippen MR) is 200 cm³/mol. The maximum atomic E-state index is 2.45.